The monoisotopic (exact) mass is 665 g/mol. The fourth-order valence-corrected chi connectivity index (χ4v) is 7.18. The maximum Gasteiger partial charge on any atom is 0.261 e. The fourth-order valence-electron chi connectivity index (χ4n) is 4.82. The number of amides is 1. The van der Waals surface area contributed by atoms with Crippen molar-refractivity contribution in [2.75, 3.05) is 38.6 Å². The van der Waals surface area contributed by atoms with Gasteiger partial charge in [0.1, 0.15) is 17.6 Å². The summed E-state index contributed by atoms with van der Waals surface area (Å²) in [6.07, 6.45) is -0.835. The van der Waals surface area contributed by atoms with E-state index in [1.165, 1.54) is 84.0 Å². The number of hydrogen-bond donors (Lipinski definition) is 2. The predicted octanol–water partition coefficient (Wildman–Crippen LogP) is 3.62. The number of likely N-dealkylation sites (N-methyl/N-ethyl adjacent to an activating group) is 1. The molecule has 0 saturated heterocycles. The molecule has 0 aromatic heterocycles. The number of carbonyl (C=O) groups is 1. The number of nitrogens with one attached hydrogen (secondary N) is 1. The van der Waals surface area contributed by atoms with Crippen molar-refractivity contribution in [3.8, 4) is 11.5 Å². The molecule has 1 heterocycles. The molecule has 238 valence electrons. The second-order valence-corrected chi connectivity index (χ2v) is 14.9. The molecule has 3 atom stereocenters. The van der Waals surface area contributed by atoms with Crippen LogP contribution in [0.4, 0.5) is 5.69 Å². The molecule has 2 N–H and O–H groups in total. The Morgan fingerprint density at radius 1 is 1.07 bits per heavy atom. The third-order valence-electron chi connectivity index (χ3n) is 7.50. The average molecular weight is 666 g/mol. The number of benzene rings is 3. The number of halogens is 1. The van der Waals surface area contributed by atoms with Crippen molar-refractivity contribution in [1.82, 2.24) is 9.21 Å². The van der Waals surface area contributed by atoms with Gasteiger partial charge in [0, 0.05) is 35.8 Å². The van der Waals surface area contributed by atoms with Crippen LogP contribution in [0.1, 0.15) is 19.4 Å². The highest BCUT2D eigenvalue weighted by molar-refractivity contribution is 7.92. The Morgan fingerprint density at radius 3 is 2.32 bits per heavy atom. The highest BCUT2D eigenvalue weighted by atomic mass is 35.5. The van der Waals surface area contributed by atoms with E-state index in [0.29, 0.717) is 22.1 Å². The van der Waals surface area contributed by atoms with Gasteiger partial charge in [-0.1, -0.05) is 18.5 Å². The molecule has 4 rings (SSSR count). The van der Waals surface area contributed by atoms with Gasteiger partial charge >= 0.3 is 0 Å². The zero-order chi connectivity index (χ0) is 32.2. The maximum absolute atomic E-state index is 13.5. The largest absolute Gasteiger partial charge is 0.497 e. The lowest BCUT2D eigenvalue weighted by Crippen LogP contribution is -2.48. The predicted molar refractivity (Wildman–Crippen MR) is 167 cm³/mol. The normalized spacial score (nSPS) is 18.4. The van der Waals surface area contributed by atoms with Crippen LogP contribution in [0.15, 0.2) is 76.5 Å². The maximum atomic E-state index is 13.5. The van der Waals surface area contributed by atoms with Crippen LogP contribution in [0.2, 0.25) is 5.02 Å². The molecule has 1 aliphatic heterocycles. The third-order valence-corrected chi connectivity index (χ3v) is 11.0. The Balaban J connectivity index is 1.67. The first-order valence-electron chi connectivity index (χ1n) is 13.8. The number of hydrogen-bond acceptors (Lipinski definition) is 8. The van der Waals surface area contributed by atoms with E-state index in [0.717, 1.165) is 0 Å². The molecule has 14 heteroatoms. The van der Waals surface area contributed by atoms with Gasteiger partial charge in [0.25, 0.3) is 10.0 Å². The Labute approximate surface area is 263 Å². The summed E-state index contributed by atoms with van der Waals surface area (Å²) >= 11 is 5.94. The first-order valence-corrected chi connectivity index (χ1v) is 17.1. The lowest BCUT2D eigenvalue weighted by Gasteiger charge is -2.33. The van der Waals surface area contributed by atoms with Gasteiger partial charge in [-0.05, 0) is 73.7 Å². The minimum absolute atomic E-state index is 0.0240. The van der Waals surface area contributed by atoms with E-state index >= 15 is 0 Å². The van der Waals surface area contributed by atoms with Crippen molar-refractivity contribution in [3.63, 3.8) is 0 Å². The van der Waals surface area contributed by atoms with Crippen LogP contribution < -0.4 is 14.2 Å². The molecule has 0 fully saturated rings. The molecule has 3 aromatic carbocycles. The smallest absolute Gasteiger partial charge is 0.261 e. The average Bonchev–Trinajstić information content (AvgIpc) is 3.04. The van der Waals surface area contributed by atoms with Crippen molar-refractivity contribution in [2.24, 2.45) is 5.92 Å². The molecule has 44 heavy (non-hydrogen) atoms. The van der Waals surface area contributed by atoms with Crippen LogP contribution in [-0.2, 0) is 31.3 Å². The van der Waals surface area contributed by atoms with Crippen molar-refractivity contribution >= 4 is 43.2 Å². The van der Waals surface area contributed by atoms with E-state index in [2.05, 4.69) is 4.72 Å². The van der Waals surface area contributed by atoms with Crippen molar-refractivity contribution in [2.45, 2.75) is 42.2 Å². The van der Waals surface area contributed by atoms with E-state index in [9.17, 15) is 26.7 Å². The Morgan fingerprint density at radius 2 is 1.70 bits per heavy atom. The molecular weight excluding hydrogens is 630 g/mol. The first-order chi connectivity index (χ1) is 20.7. The number of carbonyl (C=O) groups excluding carboxylic acids is 1. The van der Waals surface area contributed by atoms with Crippen LogP contribution in [0.5, 0.6) is 11.5 Å². The lowest BCUT2D eigenvalue weighted by molar-refractivity contribution is -0.134. The molecule has 0 aliphatic carbocycles. The summed E-state index contributed by atoms with van der Waals surface area (Å²) in [4.78, 5) is 15.1. The molecule has 1 aliphatic rings. The molecule has 0 unspecified atom stereocenters. The van der Waals surface area contributed by atoms with E-state index in [-0.39, 0.29) is 53.4 Å². The van der Waals surface area contributed by atoms with E-state index in [1.54, 1.807) is 13.0 Å². The van der Waals surface area contributed by atoms with Gasteiger partial charge in [-0.25, -0.2) is 16.8 Å². The molecule has 3 aromatic rings. The summed E-state index contributed by atoms with van der Waals surface area (Å²) in [5.74, 6) is 0.184. The van der Waals surface area contributed by atoms with Gasteiger partial charge in [-0.3, -0.25) is 9.52 Å². The summed E-state index contributed by atoms with van der Waals surface area (Å²) in [6, 6.07) is 15.8. The van der Waals surface area contributed by atoms with Gasteiger partial charge in [-0.15, -0.1) is 0 Å². The number of aliphatic hydroxyl groups is 1. The zero-order valence-corrected chi connectivity index (χ0v) is 27.2. The fraction of sp³-hybridized carbons (Fsp3) is 0.367. The number of sulfonamides is 2. The van der Waals surface area contributed by atoms with Crippen molar-refractivity contribution in [3.05, 3.63) is 77.3 Å². The Hall–Kier alpha value is -3.36. The van der Waals surface area contributed by atoms with Gasteiger partial charge < -0.3 is 19.5 Å². The van der Waals surface area contributed by atoms with Gasteiger partial charge in [0.05, 0.1) is 42.5 Å². The molecule has 0 radical (unpaired) electrons. The van der Waals surface area contributed by atoms with Crippen LogP contribution >= 0.6 is 11.6 Å². The van der Waals surface area contributed by atoms with Crippen LogP contribution in [0, 0.1) is 5.92 Å². The molecular formula is C30H36ClN3O8S2. The minimum Gasteiger partial charge on any atom is -0.497 e. The number of ether oxygens (including phenoxy) is 2. The standard InChI is InChI=1S/C30H36ClN3O8S2/c1-20-17-34(21(2)19-35)30(36)16-22-15-24(32-43(37,38)26-12-8-25(41-4)9-13-26)7-14-28(22)42-29(20)18-33(3)44(39,40)27-10-5-23(31)6-11-27/h5-15,20-21,29,32,35H,16-19H2,1-4H3/t20-,21-,29-/m0/s1. The van der Waals surface area contributed by atoms with Gasteiger partial charge in [-0.2, -0.15) is 4.31 Å². The summed E-state index contributed by atoms with van der Waals surface area (Å²) in [7, 11) is -4.94. The third kappa shape index (κ3) is 7.64. The number of anilines is 1. The van der Waals surface area contributed by atoms with Gasteiger partial charge in [0.15, 0.2) is 0 Å². The highest BCUT2D eigenvalue weighted by Crippen LogP contribution is 2.31. The molecule has 0 saturated carbocycles. The van der Waals surface area contributed by atoms with E-state index < -0.39 is 32.2 Å². The van der Waals surface area contributed by atoms with Gasteiger partial charge in [0.2, 0.25) is 15.9 Å². The molecule has 0 bridgehead atoms. The summed E-state index contributed by atoms with van der Waals surface area (Å²) in [5, 5.41) is 10.3. The number of aliphatic hydroxyl groups excluding tert-OH is 1. The Bertz CT molecular complexity index is 1680. The van der Waals surface area contributed by atoms with E-state index in [4.69, 9.17) is 21.1 Å². The second kappa shape index (κ2) is 13.7. The summed E-state index contributed by atoms with van der Waals surface area (Å²) < 4.78 is 68.1. The zero-order valence-electron chi connectivity index (χ0n) is 24.8. The Kier molecular flexibility index (Phi) is 10.5. The van der Waals surface area contributed by atoms with Crippen molar-refractivity contribution in [1.29, 1.82) is 0 Å². The molecule has 11 nitrogen and oxygen atoms in total. The first kappa shape index (κ1) is 33.5. The number of fused-ring (bicyclic) bond motifs is 1. The van der Waals surface area contributed by atoms with Crippen LogP contribution in [0.3, 0.4) is 0 Å². The quantitative estimate of drug-likeness (QED) is 0.335. The highest BCUT2D eigenvalue weighted by Gasteiger charge is 2.33. The van der Waals surface area contributed by atoms with Crippen LogP contribution in [0.25, 0.3) is 0 Å². The summed E-state index contributed by atoms with van der Waals surface area (Å²) in [6.45, 7) is 3.44. The SMILES string of the molecule is COc1ccc(S(=O)(=O)Nc2ccc3c(c2)CC(=O)N([C@@H](C)CO)C[C@H](C)[C@H](CN(C)S(=O)(=O)c2ccc(Cl)cc2)O3)cc1. The lowest BCUT2D eigenvalue weighted by atomic mass is 10.0. The van der Waals surface area contributed by atoms with Crippen LogP contribution in [-0.4, -0.2) is 83.1 Å². The number of nitrogens with zero attached hydrogens (tertiary/aromatic N) is 2. The minimum atomic E-state index is -3.97. The van der Waals surface area contributed by atoms with Crippen molar-refractivity contribution < 1.29 is 36.2 Å². The number of rotatable bonds is 10. The molecule has 0 spiro atoms. The van der Waals surface area contributed by atoms with E-state index in [1.807, 2.05) is 6.92 Å². The molecule has 1 amide bonds. The number of methoxy groups -OCH3 is 1. The topological polar surface area (TPSA) is 143 Å². The second-order valence-electron chi connectivity index (χ2n) is 10.7. The summed E-state index contributed by atoms with van der Waals surface area (Å²) in [5.41, 5.74) is 0.617.